The van der Waals surface area contributed by atoms with Crippen LogP contribution in [0, 0.1) is 5.92 Å². The summed E-state index contributed by atoms with van der Waals surface area (Å²) in [6.45, 7) is 12.8. The highest BCUT2D eigenvalue weighted by Gasteiger charge is 2.28. The van der Waals surface area contributed by atoms with Gasteiger partial charge in [0.25, 0.3) is 0 Å². The average molecular weight is 565 g/mol. The molecule has 1 N–H and O–H groups in total. The smallest absolute Gasteiger partial charge is 0.435 e. The predicted octanol–water partition coefficient (Wildman–Crippen LogP) is 7.96. The van der Waals surface area contributed by atoms with Crippen LogP contribution < -0.4 is 5.32 Å². The maximum absolute atomic E-state index is 13.6. The van der Waals surface area contributed by atoms with E-state index in [1.54, 1.807) is 4.57 Å². The highest BCUT2D eigenvalue weighted by Crippen LogP contribution is 2.36. The van der Waals surface area contributed by atoms with Crippen LogP contribution in [-0.2, 0) is 16.0 Å². The zero-order valence-corrected chi connectivity index (χ0v) is 25.2. The van der Waals surface area contributed by atoms with Crippen LogP contribution >= 0.6 is 11.3 Å². The third-order valence-electron chi connectivity index (χ3n) is 7.03. The zero-order chi connectivity index (χ0) is 28.7. The minimum absolute atomic E-state index is 0.489. The zero-order valence-electron chi connectivity index (χ0n) is 24.4. The molecule has 1 aliphatic rings. The first-order valence-corrected chi connectivity index (χ1v) is 15.1. The molecule has 0 radical (unpaired) electrons. The largest absolute Gasteiger partial charge is 0.443 e. The van der Waals surface area contributed by atoms with Crippen LogP contribution in [0.2, 0.25) is 0 Å². The third-order valence-corrected chi connectivity index (χ3v) is 7.94. The Kier molecular flexibility index (Phi) is 7.81. The quantitative estimate of drug-likeness (QED) is 0.265. The summed E-state index contributed by atoms with van der Waals surface area (Å²) in [7, 11) is 0. The van der Waals surface area contributed by atoms with Gasteiger partial charge in [0.1, 0.15) is 16.9 Å². The van der Waals surface area contributed by atoms with Gasteiger partial charge in [0.05, 0.1) is 21.4 Å². The van der Waals surface area contributed by atoms with Crippen LogP contribution in [-0.4, -0.2) is 44.3 Å². The number of aromatic nitrogens is 3. The van der Waals surface area contributed by atoms with Crippen LogP contribution in [0.3, 0.4) is 0 Å². The van der Waals surface area contributed by atoms with E-state index in [0.29, 0.717) is 16.9 Å². The molecule has 214 valence electrons. The molecule has 5 rings (SSSR count). The van der Waals surface area contributed by atoms with Gasteiger partial charge in [-0.25, -0.2) is 14.2 Å². The summed E-state index contributed by atoms with van der Waals surface area (Å²) < 4.78 is 15.1. The molecule has 1 aliphatic carbocycles. The van der Waals surface area contributed by atoms with Crippen molar-refractivity contribution in [3.8, 4) is 11.4 Å². The van der Waals surface area contributed by atoms with Gasteiger partial charge in [-0.05, 0) is 102 Å². The molecule has 0 aliphatic heterocycles. The number of carbonyl (C=O) groups is 2. The fourth-order valence-corrected chi connectivity index (χ4v) is 6.19. The van der Waals surface area contributed by atoms with Crippen molar-refractivity contribution in [3.63, 3.8) is 0 Å². The Morgan fingerprint density at radius 3 is 2.35 bits per heavy atom. The van der Waals surface area contributed by atoms with E-state index >= 15 is 0 Å². The van der Waals surface area contributed by atoms with Gasteiger partial charge < -0.3 is 14.8 Å². The van der Waals surface area contributed by atoms with Gasteiger partial charge >= 0.3 is 12.2 Å². The van der Waals surface area contributed by atoms with E-state index in [1.807, 2.05) is 65.1 Å². The standard InChI is InChI=1S/C31H40N4O4S/c1-30(2,3)38-28(36)34-23-13-12-21(19-32-18-20-10-8-7-9-11-20)16-22(23)17-25(34)26-27-24(14-15-40-27)35(33-26)29(37)39-31(4,5)6/h12-17,20,32H,7-11,18-19H2,1-6H3. The topological polar surface area (TPSA) is 87.4 Å². The summed E-state index contributed by atoms with van der Waals surface area (Å²) >= 11 is 1.47. The molecule has 0 amide bonds. The Bertz CT molecular complexity index is 1530. The molecule has 0 spiro atoms. The Morgan fingerprint density at radius 2 is 1.65 bits per heavy atom. The average Bonchev–Trinajstić information content (AvgIpc) is 3.56. The van der Waals surface area contributed by atoms with Crippen molar-refractivity contribution in [1.82, 2.24) is 19.7 Å². The third kappa shape index (κ3) is 6.25. The number of rotatable bonds is 5. The van der Waals surface area contributed by atoms with Gasteiger partial charge in [0.15, 0.2) is 0 Å². The summed E-state index contributed by atoms with van der Waals surface area (Å²) in [5.74, 6) is 0.755. The van der Waals surface area contributed by atoms with Crippen LogP contribution in [0.1, 0.15) is 79.2 Å². The van der Waals surface area contributed by atoms with Gasteiger partial charge in [0, 0.05) is 11.9 Å². The number of carbonyl (C=O) groups excluding carboxylic acids is 2. The van der Waals surface area contributed by atoms with Crippen molar-refractivity contribution in [2.24, 2.45) is 5.92 Å². The van der Waals surface area contributed by atoms with Gasteiger partial charge in [-0.2, -0.15) is 9.78 Å². The Hall–Kier alpha value is -3.17. The molecule has 1 saturated carbocycles. The number of nitrogens with zero attached hydrogens (tertiary/aromatic N) is 3. The number of nitrogens with one attached hydrogen (secondary N) is 1. The summed E-state index contributed by atoms with van der Waals surface area (Å²) in [6.07, 6.45) is 5.59. The molecule has 0 atom stereocenters. The van der Waals surface area contributed by atoms with Crippen molar-refractivity contribution in [2.45, 2.75) is 91.4 Å². The van der Waals surface area contributed by atoms with Crippen molar-refractivity contribution in [3.05, 3.63) is 41.3 Å². The Morgan fingerprint density at radius 1 is 0.950 bits per heavy atom. The lowest BCUT2D eigenvalue weighted by molar-refractivity contribution is 0.0520. The summed E-state index contributed by atoms with van der Waals surface area (Å²) in [5.41, 5.74) is 2.29. The summed E-state index contributed by atoms with van der Waals surface area (Å²) in [4.78, 5) is 26.6. The number of thiophene rings is 1. The highest BCUT2D eigenvalue weighted by molar-refractivity contribution is 7.17. The lowest BCUT2D eigenvalue weighted by Crippen LogP contribution is -2.28. The molecular formula is C31H40N4O4S. The van der Waals surface area contributed by atoms with Crippen LogP contribution in [0.4, 0.5) is 9.59 Å². The second-order valence-electron chi connectivity index (χ2n) is 12.7. The van der Waals surface area contributed by atoms with Crippen LogP contribution in [0.25, 0.3) is 32.5 Å². The molecule has 0 bridgehead atoms. The molecule has 8 nitrogen and oxygen atoms in total. The number of fused-ring (bicyclic) bond motifs is 2. The minimum Gasteiger partial charge on any atom is -0.443 e. The number of benzene rings is 1. The SMILES string of the molecule is CC(C)(C)OC(=O)n1nc(-c2cc3cc(CNCC4CCCCC4)ccc3n2C(=O)OC(C)(C)C)c2sccc21. The monoisotopic (exact) mass is 564 g/mol. The molecule has 40 heavy (non-hydrogen) atoms. The molecule has 3 aromatic heterocycles. The van der Waals surface area contributed by atoms with E-state index in [-0.39, 0.29) is 0 Å². The second kappa shape index (κ2) is 11.0. The normalized spacial score (nSPS) is 15.2. The van der Waals surface area contributed by atoms with E-state index in [1.165, 1.54) is 48.1 Å². The van der Waals surface area contributed by atoms with Crippen molar-refractivity contribution in [2.75, 3.05) is 6.54 Å². The van der Waals surface area contributed by atoms with Gasteiger partial charge in [-0.15, -0.1) is 11.3 Å². The molecule has 0 saturated heterocycles. The van der Waals surface area contributed by atoms with Crippen molar-refractivity contribution >= 4 is 44.6 Å². The van der Waals surface area contributed by atoms with Crippen molar-refractivity contribution in [1.29, 1.82) is 0 Å². The Balaban J connectivity index is 1.53. The highest BCUT2D eigenvalue weighted by atomic mass is 32.1. The fraction of sp³-hybridized carbons (Fsp3) is 0.516. The van der Waals surface area contributed by atoms with E-state index < -0.39 is 23.4 Å². The first kappa shape index (κ1) is 28.4. The molecule has 1 aromatic carbocycles. The second-order valence-corrected chi connectivity index (χ2v) is 13.7. The lowest BCUT2D eigenvalue weighted by Gasteiger charge is -2.22. The maximum Gasteiger partial charge on any atom is 0.435 e. The van der Waals surface area contributed by atoms with Gasteiger partial charge in [-0.3, -0.25) is 0 Å². The van der Waals surface area contributed by atoms with Gasteiger partial charge in [0.2, 0.25) is 0 Å². The van der Waals surface area contributed by atoms with E-state index in [9.17, 15) is 9.59 Å². The van der Waals surface area contributed by atoms with E-state index in [0.717, 1.165) is 40.2 Å². The number of ether oxygens (including phenoxy) is 2. The van der Waals surface area contributed by atoms with Gasteiger partial charge in [-0.1, -0.05) is 25.3 Å². The fourth-order valence-electron chi connectivity index (χ4n) is 5.32. The molecule has 3 heterocycles. The van der Waals surface area contributed by atoms with Crippen LogP contribution in [0.5, 0.6) is 0 Å². The number of hydrogen-bond donors (Lipinski definition) is 1. The van der Waals surface area contributed by atoms with E-state index in [2.05, 4.69) is 22.5 Å². The predicted molar refractivity (Wildman–Crippen MR) is 160 cm³/mol. The number of hydrogen-bond acceptors (Lipinski definition) is 7. The van der Waals surface area contributed by atoms with Crippen molar-refractivity contribution < 1.29 is 19.1 Å². The molecule has 4 aromatic rings. The van der Waals surface area contributed by atoms with Crippen LogP contribution in [0.15, 0.2) is 35.7 Å². The maximum atomic E-state index is 13.6. The molecule has 1 fully saturated rings. The summed E-state index contributed by atoms with van der Waals surface area (Å²) in [6, 6.07) is 9.95. The first-order chi connectivity index (χ1) is 18.9. The molecule has 0 unspecified atom stereocenters. The first-order valence-electron chi connectivity index (χ1n) is 14.2. The molecule has 9 heteroatoms. The minimum atomic E-state index is -0.679. The Labute approximate surface area is 239 Å². The lowest BCUT2D eigenvalue weighted by atomic mass is 9.89. The summed E-state index contributed by atoms with van der Waals surface area (Å²) in [5, 5.41) is 11.1. The molecular weight excluding hydrogens is 524 g/mol. The van der Waals surface area contributed by atoms with E-state index in [4.69, 9.17) is 9.47 Å².